The highest BCUT2D eigenvalue weighted by atomic mass is 32.1. The summed E-state index contributed by atoms with van der Waals surface area (Å²) in [6, 6.07) is 3.26. The summed E-state index contributed by atoms with van der Waals surface area (Å²) in [4.78, 5) is 6.48. The van der Waals surface area contributed by atoms with Crippen LogP contribution in [0.2, 0.25) is 0 Å². The molecule has 2 aromatic rings. The zero-order chi connectivity index (χ0) is 16.0. The van der Waals surface area contributed by atoms with Gasteiger partial charge in [0.25, 0.3) is 0 Å². The number of rotatable bonds is 3. The SMILES string of the molecule is OCC1CN(c2nc(-c3cc(F)cc(F)c3)ns2)CC12COC2. The Balaban J connectivity index is 1.59. The third-order valence-corrected chi connectivity index (χ3v) is 5.40. The van der Waals surface area contributed by atoms with Crippen molar-refractivity contribution in [3.05, 3.63) is 29.8 Å². The maximum Gasteiger partial charge on any atom is 0.205 e. The lowest BCUT2D eigenvalue weighted by atomic mass is 9.77. The maximum absolute atomic E-state index is 13.3. The Bertz CT molecular complexity index is 715. The Hall–Kier alpha value is -1.64. The predicted octanol–water partition coefficient (Wildman–Crippen LogP) is 1.93. The Morgan fingerprint density at radius 3 is 2.61 bits per heavy atom. The molecule has 0 amide bonds. The van der Waals surface area contributed by atoms with Crippen LogP contribution in [0.4, 0.5) is 13.9 Å². The van der Waals surface area contributed by atoms with Crippen LogP contribution in [0.5, 0.6) is 0 Å². The molecular weight excluding hydrogens is 324 g/mol. The Kier molecular flexibility index (Phi) is 3.55. The minimum atomic E-state index is -0.650. The van der Waals surface area contributed by atoms with Gasteiger partial charge in [-0.05, 0) is 12.1 Å². The van der Waals surface area contributed by atoms with Gasteiger partial charge in [0, 0.05) is 54.2 Å². The molecule has 23 heavy (non-hydrogen) atoms. The summed E-state index contributed by atoms with van der Waals surface area (Å²) in [7, 11) is 0. The molecule has 0 bridgehead atoms. The molecule has 2 aliphatic rings. The van der Waals surface area contributed by atoms with Crippen LogP contribution in [-0.4, -0.2) is 47.4 Å². The molecule has 122 valence electrons. The van der Waals surface area contributed by atoms with Gasteiger partial charge in [0.2, 0.25) is 5.13 Å². The van der Waals surface area contributed by atoms with E-state index in [-0.39, 0.29) is 17.9 Å². The molecule has 2 aliphatic heterocycles. The summed E-state index contributed by atoms with van der Waals surface area (Å²) in [6.45, 7) is 2.85. The molecule has 0 saturated carbocycles. The molecule has 0 radical (unpaired) electrons. The van der Waals surface area contributed by atoms with E-state index in [2.05, 4.69) is 14.3 Å². The van der Waals surface area contributed by atoms with Crippen LogP contribution in [0, 0.1) is 23.0 Å². The van der Waals surface area contributed by atoms with Crippen LogP contribution >= 0.6 is 11.5 Å². The lowest BCUT2D eigenvalue weighted by molar-refractivity contribution is -0.131. The molecule has 0 aliphatic carbocycles. The fraction of sp³-hybridized carbons (Fsp3) is 0.467. The normalized spacial score (nSPS) is 22.6. The van der Waals surface area contributed by atoms with Crippen molar-refractivity contribution in [3.63, 3.8) is 0 Å². The maximum atomic E-state index is 13.3. The van der Waals surface area contributed by atoms with Crippen LogP contribution in [0.15, 0.2) is 18.2 Å². The van der Waals surface area contributed by atoms with E-state index >= 15 is 0 Å². The standard InChI is InChI=1S/C15H15F2N3O2S/c16-11-1-9(2-12(17)3-11)13-18-14(23-19-13)20-4-10(5-21)15(6-20)7-22-8-15/h1-3,10,21H,4-8H2. The third kappa shape index (κ3) is 2.50. The average Bonchev–Trinajstić information content (AvgIpc) is 3.10. The number of aliphatic hydroxyl groups is 1. The number of hydrogen-bond acceptors (Lipinski definition) is 6. The van der Waals surface area contributed by atoms with Gasteiger partial charge in [-0.25, -0.2) is 8.78 Å². The van der Waals surface area contributed by atoms with Crippen LogP contribution in [-0.2, 0) is 4.74 Å². The van der Waals surface area contributed by atoms with E-state index in [1.54, 1.807) is 0 Å². The highest BCUT2D eigenvalue weighted by molar-refractivity contribution is 7.09. The summed E-state index contributed by atoms with van der Waals surface area (Å²) in [5, 5.41) is 10.3. The van der Waals surface area contributed by atoms with Gasteiger partial charge >= 0.3 is 0 Å². The van der Waals surface area contributed by atoms with Crippen molar-refractivity contribution >= 4 is 16.7 Å². The summed E-state index contributed by atoms with van der Waals surface area (Å²) < 4.78 is 36.2. The van der Waals surface area contributed by atoms with E-state index in [1.165, 1.54) is 23.7 Å². The van der Waals surface area contributed by atoms with Crippen molar-refractivity contribution in [3.8, 4) is 11.4 Å². The minimum Gasteiger partial charge on any atom is -0.396 e. The molecule has 1 aromatic heterocycles. The van der Waals surface area contributed by atoms with Gasteiger partial charge in [-0.3, -0.25) is 0 Å². The Morgan fingerprint density at radius 2 is 2.04 bits per heavy atom. The average molecular weight is 339 g/mol. The largest absolute Gasteiger partial charge is 0.396 e. The first-order chi connectivity index (χ1) is 11.1. The quantitative estimate of drug-likeness (QED) is 0.926. The van der Waals surface area contributed by atoms with Crippen molar-refractivity contribution in [1.29, 1.82) is 0 Å². The predicted molar refractivity (Wildman–Crippen MR) is 81.3 cm³/mol. The van der Waals surface area contributed by atoms with Crippen LogP contribution < -0.4 is 4.90 Å². The van der Waals surface area contributed by atoms with E-state index in [9.17, 15) is 13.9 Å². The molecular formula is C15H15F2N3O2S. The van der Waals surface area contributed by atoms with E-state index in [0.29, 0.717) is 36.3 Å². The van der Waals surface area contributed by atoms with Crippen molar-refractivity contribution in [2.24, 2.45) is 11.3 Å². The van der Waals surface area contributed by atoms with Crippen LogP contribution in [0.3, 0.4) is 0 Å². The molecule has 2 fully saturated rings. The Labute approximate surface area is 135 Å². The molecule has 2 saturated heterocycles. The van der Waals surface area contributed by atoms with Crippen molar-refractivity contribution in [1.82, 2.24) is 9.36 Å². The number of ether oxygens (including phenoxy) is 1. The van der Waals surface area contributed by atoms with Crippen molar-refractivity contribution in [2.45, 2.75) is 0 Å². The number of halogens is 2. The fourth-order valence-electron chi connectivity index (χ4n) is 3.27. The van der Waals surface area contributed by atoms with Gasteiger partial charge in [0.15, 0.2) is 5.82 Å². The second-order valence-electron chi connectivity index (χ2n) is 6.17. The number of nitrogens with zero attached hydrogens (tertiary/aromatic N) is 3. The third-order valence-electron chi connectivity index (χ3n) is 4.62. The molecule has 5 nitrogen and oxygen atoms in total. The second-order valence-corrected chi connectivity index (χ2v) is 6.90. The number of aromatic nitrogens is 2. The smallest absolute Gasteiger partial charge is 0.205 e. The van der Waals surface area contributed by atoms with Gasteiger partial charge in [0.1, 0.15) is 11.6 Å². The van der Waals surface area contributed by atoms with Crippen molar-refractivity contribution in [2.75, 3.05) is 37.8 Å². The monoisotopic (exact) mass is 339 g/mol. The molecule has 3 heterocycles. The van der Waals surface area contributed by atoms with E-state index in [1.807, 2.05) is 0 Å². The zero-order valence-electron chi connectivity index (χ0n) is 12.2. The van der Waals surface area contributed by atoms with E-state index in [4.69, 9.17) is 4.74 Å². The molecule has 1 atom stereocenters. The first-order valence-electron chi connectivity index (χ1n) is 7.33. The molecule has 1 aromatic carbocycles. The van der Waals surface area contributed by atoms with Crippen LogP contribution in [0.1, 0.15) is 0 Å². The lowest BCUT2D eigenvalue weighted by Gasteiger charge is -2.41. The highest BCUT2D eigenvalue weighted by Crippen LogP contribution is 2.44. The summed E-state index contributed by atoms with van der Waals surface area (Å²) >= 11 is 1.20. The summed E-state index contributed by atoms with van der Waals surface area (Å²) in [5.74, 6) is -0.836. The summed E-state index contributed by atoms with van der Waals surface area (Å²) in [5.41, 5.74) is 0.315. The minimum absolute atomic E-state index is 0.00839. The van der Waals surface area contributed by atoms with E-state index in [0.717, 1.165) is 12.6 Å². The number of anilines is 1. The summed E-state index contributed by atoms with van der Waals surface area (Å²) in [6.07, 6.45) is 0. The highest BCUT2D eigenvalue weighted by Gasteiger charge is 2.52. The topological polar surface area (TPSA) is 58.5 Å². The first-order valence-corrected chi connectivity index (χ1v) is 8.11. The fourth-order valence-corrected chi connectivity index (χ4v) is 3.96. The van der Waals surface area contributed by atoms with Gasteiger partial charge in [-0.1, -0.05) is 0 Å². The molecule has 1 spiro atoms. The molecule has 8 heteroatoms. The zero-order valence-corrected chi connectivity index (χ0v) is 13.0. The van der Waals surface area contributed by atoms with Crippen molar-refractivity contribution < 1.29 is 18.6 Å². The van der Waals surface area contributed by atoms with Crippen LogP contribution in [0.25, 0.3) is 11.4 Å². The van der Waals surface area contributed by atoms with E-state index < -0.39 is 11.6 Å². The number of aliphatic hydroxyl groups excluding tert-OH is 1. The molecule has 1 unspecified atom stereocenters. The first kappa shape index (κ1) is 14.9. The van der Waals surface area contributed by atoms with Gasteiger partial charge in [0.05, 0.1) is 13.2 Å². The van der Waals surface area contributed by atoms with Gasteiger partial charge in [-0.2, -0.15) is 9.36 Å². The number of benzene rings is 1. The molecule has 1 N–H and O–H groups in total. The lowest BCUT2D eigenvalue weighted by Crippen LogP contribution is -2.49. The van der Waals surface area contributed by atoms with Gasteiger partial charge in [-0.15, -0.1) is 0 Å². The molecule has 4 rings (SSSR count). The Morgan fingerprint density at radius 1 is 1.30 bits per heavy atom. The second kappa shape index (κ2) is 5.47. The number of hydrogen-bond donors (Lipinski definition) is 1. The van der Waals surface area contributed by atoms with Gasteiger partial charge < -0.3 is 14.7 Å².